The number of hydrogen-bond acceptors (Lipinski definition) is 4. The van der Waals surface area contributed by atoms with Gasteiger partial charge in [-0.2, -0.15) is 5.10 Å². The third-order valence-electron chi connectivity index (χ3n) is 4.16. The molecule has 3 rings (SSSR count). The molecule has 1 aromatic heterocycles. The predicted molar refractivity (Wildman–Crippen MR) is 94.1 cm³/mol. The van der Waals surface area contributed by atoms with Crippen molar-refractivity contribution >= 4 is 22.5 Å². The maximum atomic E-state index is 12.4. The second kappa shape index (κ2) is 6.72. The van der Waals surface area contributed by atoms with Crippen LogP contribution >= 0.6 is 0 Å². The van der Waals surface area contributed by atoms with E-state index >= 15 is 0 Å². The molecule has 0 saturated heterocycles. The molecule has 3 aromatic rings. The highest BCUT2D eigenvalue weighted by Gasteiger charge is 2.15. The van der Waals surface area contributed by atoms with Crippen LogP contribution in [0.15, 0.2) is 48.7 Å². The van der Waals surface area contributed by atoms with Crippen LogP contribution in [0, 0.1) is 17.0 Å². The van der Waals surface area contributed by atoms with Gasteiger partial charge in [-0.3, -0.25) is 19.6 Å². The predicted octanol–water partition coefficient (Wildman–Crippen LogP) is 3.13. The molecule has 2 aromatic carbocycles. The molecule has 7 nitrogen and oxygen atoms in total. The van der Waals surface area contributed by atoms with Gasteiger partial charge in [0.1, 0.15) is 6.54 Å². The van der Waals surface area contributed by atoms with Gasteiger partial charge in [0.05, 0.1) is 22.7 Å². The summed E-state index contributed by atoms with van der Waals surface area (Å²) in [5.41, 5.74) is 2.70. The quantitative estimate of drug-likeness (QED) is 0.571. The van der Waals surface area contributed by atoms with Crippen molar-refractivity contribution in [1.29, 1.82) is 0 Å². The van der Waals surface area contributed by atoms with Crippen molar-refractivity contribution in [3.63, 3.8) is 0 Å². The van der Waals surface area contributed by atoms with Crippen LogP contribution in [-0.4, -0.2) is 20.6 Å². The molecule has 0 saturated carbocycles. The van der Waals surface area contributed by atoms with Crippen LogP contribution in [0.3, 0.4) is 0 Å². The summed E-state index contributed by atoms with van der Waals surface area (Å²) < 4.78 is 1.47. The number of fused-ring (bicyclic) bond motifs is 1. The standard InChI is InChI=1S/C18H18N4O3/c1-12-5-3-4-6-16(12)13(2)20-18(23)11-21-17-9-15(22(24)25)8-7-14(17)10-19-21/h3-10,13H,11H2,1-2H3,(H,20,23). The molecule has 0 aliphatic heterocycles. The Morgan fingerprint density at radius 1 is 1.32 bits per heavy atom. The van der Waals surface area contributed by atoms with Gasteiger partial charge in [-0.05, 0) is 31.0 Å². The summed E-state index contributed by atoms with van der Waals surface area (Å²) in [5, 5.41) is 18.8. The fourth-order valence-electron chi connectivity index (χ4n) is 2.87. The van der Waals surface area contributed by atoms with Crippen molar-refractivity contribution in [2.24, 2.45) is 0 Å². The number of rotatable bonds is 5. The minimum atomic E-state index is -0.461. The van der Waals surface area contributed by atoms with Gasteiger partial charge in [-0.1, -0.05) is 24.3 Å². The lowest BCUT2D eigenvalue weighted by Gasteiger charge is -2.16. The first-order valence-electron chi connectivity index (χ1n) is 7.90. The van der Waals surface area contributed by atoms with Gasteiger partial charge in [-0.15, -0.1) is 0 Å². The number of aromatic nitrogens is 2. The largest absolute Gasteiger partial charge is 0.348 e. The van der Waals surface area contributed by atoms with E-state index in [4.69, 9.17) is 0 Å². The first-order valence-corrected chi connectivity index (χ1v) is 7.90. The summed E-state index contributed by atoms with van der Waals surface area (Å²) in [6.45, 7) is 3.92. The molecule has 0 radical (unpaired) electrons. The Kier molecular flexibility index (Phi) is 4.47. The molecule has 128 valence electrons. The summed E-state index contributed by atoms with van der Waals surface area (Å²) in [7, 11) is 0. The molecule has 7 heteroatoms. The van der Waals surface area contributed by atoms with Crippen LogP contribution < -0.4 is 5.32 Å². The SMILES string of the molecule is Cc1ccccc1C(C)NC(=O)Cn1ncc2ccc([N+](=O)[O-])cc21. The van der Waals surface area contributed by atoms with E-state index in [0.29, 0.717) is 5.52 Å². The average Bonchev–Trinajstić information content (AvgIpc) is 2.97. The number of amides is 1. The maximum Gasteiger partial charge on any atom is 0.271 e. The zero-order chi connectivity index (χ0) is 18.0. The smallest absolute Gasteiger partial charge is 0.271 e. The van der Waals surface area contributed by atoms with E-state index in [1.54, 1.807) is 12.3 Å². The molecule has 0 spiro atoms. The zero-order valence-electron chi connectivity index (χ0n) is 14.0. The number of aryl methyl sites for hydroxylation is 1. The van der Waals surface area contributed by atoms with Crippen LogP contribution in [0.1, 0.15) is 24.1 Å². The number of nitro groups is 1. The van der Waals surface area contributed by atoms with E-state index in [1.807, 2.05) is 38.1 Å². The van der Waals surface area contributed by atoms with Gasteiger partial charge < -0.3 is 5.32 Å². The van der Waals surface area contributed by atoms with E-state index in [0.717, 1.165) is 16.5 Å². The Morgan fingerprint density at radius 2 is 2.08 bits per heavy atom. The van der Waals surface area contributed by atoms with Crippen LogP contribution in [0.5, 0.6) is 0 Å². The highest BCUT2D eigenvalue weighted by atomic mass is 16.6. The Bertz CT molecular complexity index is 948. The number of nitro benzene ring substituents is 1. The lowest BCUT2D eigenvalue weighted by atomic mass is 10.0. The second-order valence-corrected chi connectivity index (χ2v) is 5.95. The number of hydrogen-bond donors (Lipinski definition) is 1. The van der Waals surface area contributed by atoms with Crippen LogP contribution in [0.25, 0.3) is 10.9 Å². The zero-order valence-corrected chi connectivity index (χ0v) is 14.0. The number of benzene rings is 2. The highest BCUT2D eigenvalue weighted by molar-refractivity contribution is 5.83. The third kappa shape index (κ3) is 3.50. The van der Waals surface area contributed by atoms with Gasteiger partial charge in [0.15, 0.2) is 0 Å². The van der Waals surface area contributed by atoms with Crippen LogP contribution in [0.2, 0.25) is 0 Å². The Labute approximate surface area is 144 Å². The number of nitrogens with zero attached hydrogens (tertiary/aromatic N) is 3. The molecule has 25 heavy (non-hydrogen) atoms. The molecule has 0 aliphatic rings. The fraction of sp³-hybridized carbons (Fsp3) is 0.222. The van der Waals surface area contributed by atoms with Crippen molar-refractivity contribution in [2.45, 2.75) is 26.4 Å². The lowest BCUT2D eigenvalue weighted by Crippen LogP contribution is -2.30. The summed E-state index contributed by atoms with van der Waals surface area (Å²) >= 11 is 0. The average molecular weight is 338 g/mol. The number of carbonyl (C=O) groups is 1. The Hall–Kier alpha value is -3.22. The maximum absolute atomic E-state index is 12.4. The second-order valence-electron chi connectivity index (χ2n) is 5.95. The number of nitrogens with one attached hydrogen (secondary N) is 1. The molecule has 0 fully saturated rings. The van der Waals surface area contributed by atoms with Gasteiger partial charge in [-0.25, -0.2) is 0 Å². The molecule has 0 aliphatic carbocycles. The fourth-order valence-corrected chi connectivity index (χ4v) is 2.87. The van der Waals surface area contributed by atoms with E-state index in [-0.39, 0.29) is 24.2 Å². The van der Waals surface area contributed by atoms with Crippen molar-refractivity contribution < 1.29 is 9.72 Å². The molecule has 1 heterocycles. The van der Waals surface area contributed by atoms with Crippen molar-refractivity contribution in [1.82, 2.24) is 15.1 Å². The van der Waals surface area contributed by atoms with Gasteiger partial charge in [0.2, 0.25) is 5.91 Å². The molecule has 1 atom stereocenters. The summed E-state index contributed by atoms with van der Waals surface area (Å²) in [5.74, 6) is -0.202. The molecule has 1 unspecified atom stereocenters. The molecule has 1 N–H and O–H groups in total. The number of non-ortho nitro benzene ring substituents is 1. The number of carbonyl (C=O) groups excluding carboxylic acids is 1. The van der Waals surface area contributed by atoms with Crippen molar-refractivity contribution in [3.8, 4) is 0 Å². The first kappa shape index (κ1) is 16.6. The van der Waals surface area contributed by atoms with Gasteiger partial charge in [0, 0.05) is 17.5 Å². The van der Waals surface area contributed by atoms with Crippen molar-refractivity contribution in [3.05, 3.63) is 69.9 Å². The minimum absolute atomic E-state index is 0.000882. The third-order valence-corrected chi connectivity index (χ3v) is 4.16. The molecule has 0 bridgehead atoms. The molecular formula is C18H18N4O3. The Morgan fingerprint density at radius 3 is 2.80 bits per heavy atom. The minimum Gasteiger partial charge on any atom is -0.348 e. The van der Waals surface area contributed by atoms with E-state index in [2.05, 4.69) is 10.4 Å². The van der Waals surface area contributed by atoms with E-state index in [1.165, 1.54) is 16.8 Å². The summed E-state index contributed by atoms with van der Waals surface area (Å²) in [6.07, 6.45) is 1.59. The monoisotopic (exact) mass is 338 g/mol. The van der Waals surface area contributed by atoms with E-state index in [9.17, 15) is 14.9 Å². The molecular weight excluding hydrogens is 320 g/mol. The highest BCUT2D eigenvalue weighted by Crippen LogP contribution is 2.21. The summed E-state index contributed by atoms with van der Waals surface area (Å²) in [4.78, 5) is 22.8. The lowest BCUT2D eigenvalue weighted by molar-refractivity contribution is -0.384. The van der Waals surface area contributed by atoms with Crippen LogP contribution in [-0.2, 0) is 11.3 Å². The topological polar surface area (TPSA) is 90.1 Å². The van der Waals surface area contributed by atoms with Crippen LogP contribution in [0.4, 0.5) is 5.69 Å². The first-order chi connectivity index (χ1) is 12.0. The summed E-state index contributed by atoms with van der Waals surface area (Å²) in [6, 6.07) is 12.2. The van der Waals surface area contributed by atoms with E-state index < -0.39 is 4.92 Å². The normalized spacial score (nSPS) is 12.1. The molecule has 1 amide bonds. The van der Waals surface area contributed by atoms with Gasteiger partial charge >= 0.3 is 0 Å². The van der Waals surface area contributed by atoms with Gasteiger partial charge in [0.25, 0.3) is 5.69 Å². The Balaban J connectivity index is 1.77. The van der Waals surface area contributed by atoms with Crippen molar-refractivity contribution in [2.75, 3.05) is 0 Å².